The Kier molecular flexibility index (Phi) is 8.13. The van der Waals surface area contributed by atoms with Gasteiger partial charge in [-0.15, -0.1) is 0 Å². The van der Waals surface area contributed by atoms with Crippen LogP contribution in [-0.4, -0.2) is 48.0 Å². The number of nitrogens with one attached hydrogen (secondary N) is 1. The highest BCUT2D eigenvalue weighted by atomic mass is 16.4. The van der Waals surface area contributed by atoms with E-state index in [1.54, 1.807) is 4.90 Å². The molecule has 0 aliphatic carbocycles. The molecule has 0 aromatic carbocycles. The van der Waals surface area contributed by atoms with Crippen molar-refractivity contribution in [1.29, 1.82) is 0 Å². The SMILES string of the molecule is CCN(CC)C(=O)CCNCC(C)C(N)=NO. The number of amides is 1. The lowest BCUT2D eigenvalue weighted by molar-refractivity contribution is -0.130. The molecule has 17 heavy (non-hydrogen) atoms. The zero-order chi connectivity index (χ0) is 13.3. The molecule has 0 aliphatic heterocycles. The standard InChI is InChI=1S/C11H24N4O2/c1-4-15(5-2)10(16)6-7-13-8-9(3)11(12)14-17/h9,13,17H,4-8H2,1-3H3,(H2,12,14). The molecule has 0 saturated carbocycles. The van der Waals surface area contributed by atoms with Crippen LogP contribution < -0.4 is 11.1 Å². The molecule has 0 aliphatic rings. The number of carbonyl (C=O) groups excluding carboxylic acids is 1. The molecular formula is C11H24N4O2. The van der Waals surface area contributed by atoms with E-state index >= 15 is 0 Å². The Balaban J connectivity index is 3.75. The van der Waals surface area contributed by atoms with Crippen LogP contribution in [0.25, 0.3) is 0 Å². The summed E-state index contributed by atoms with van der Waals surface area (Å²) in [5, 5.41) is 14.5. The van der Waals surface area contributed by atoms with Crippen molar-refractivity contribution in [2.45, 2.75) is 27.2 Å². The molecule has 0 aromatic rings. The maximum absolute atomic E-state index is 11.6. The summed E-state index contributed by atoms with van der Waals surface area (Å²) >= 11 is 0. The molecule has 0 bridgehead atoms. The van der Waals surface area contributed by atoms with E-state index in [0.29, 0.717) is 19.5 Å². The molecule has 0 spiro atoms. The first kappa shape index (κ1) is 15.7. The number of hydrogen-bond donors (Lipinski definition) is 3. The van der Waals surface area contributed by atoms with Crippen LogP contribution in [0.3, 0.4) is 0 Å². The van der Waals surface area contributed by atoms with Gasteiger partial charge in [0, 0.05) is 38.5 Å². The summed E-state index contributed by atoms with van der Waals surface area (Å²) in [5.74, 6) is 0.315. The zero-order valence-corrected chi connectivity index (χ0v) is 10.9. The number of rotatable bonds is 8. The van der Waals surface area contributed by atoms with Gasteiger partial charge in [0.15, 0.2) is 0 Å². The van der Waals surface area contributed by atoms with Crippen LogP contribution in [0.5, 0.6) is 0 Å². The predicted molar refractivity (Wildman–Crippen MR) is 68.0 cm³/mol. The maximum Gasteiger partial charge on any atom is 0.223 e. The van der Waals surface area contributed by atoms with Crippen molar-refractivity contribution >= 4 is 11.7 Å². The zero-order valence-electron chi connectivity index (χ0n) is 10.9. The van der Waals surface area contributed by atoms with Crippen molar-refractivity contribution < 1.29 is 10.0 Å². The van der Waals surface area contributed by atoms with E-state index in [0.717, 1.165) is 13.1 Å². The molecule has 0 fully saturated rings. The van der Waals surface area contributed by atoms with Gasteiger partial charge >= 0.3 is 0 Å². The van der Waals surface area contributed by atoms with Gasteiger partial charge in [-0.2, -0.15) is 0 Å². The summed E-state index contributed by atoms with van der Waals surface area (Å²) in [6.07, 6.45) is 0.477. The Morgan fingerprint density at radius 3 is 2.53 bits per heavy atom. The van der Waals surface area contributed by atoms with Crippen LogP contribution in [-0.2, 0) is 4.79 Å². The summed E-state index contributed by atoms with van der Waals surface area (Å²) in [5.41, 5.74) is 5.43. The average molecular weight is 244 g/mol. The third-order valence-electron chi connectivity index (χ3n) is 2.70. The van der Waals surface area contributed by atoms with Gasteiger partial charge in [0.1, 0.15) is 5.84 Å². The number of nitrogens with two attached hydrogens (primary N) is 1. The van der Waals surface area contributed by atoms with Crippen molar-refractivity contribution in [3.05, 3.63) is 0 Å². The molecule has 0 heterocycles. The minimum absolute atomic E-state index is 0.0384. The van der Waals surface area contributed by atoms with Crippen LogP contribution in [0.15, 0.2) is 5.16 Å². The van der Waals surface area contributed by atoms with E-state index in [9.17, 15) is 4.79 Å². The van der Waals surface area contributed by atoms with Gasteiger partial charge in [-0.25, -0.2) is 0 Å². The quantitative estimate of drug-likeness (QED) is 0.187. The second kappa shape index (κ2) is 8.81. The van der Waals surface area contributed by atoms with Crippen molar-refractivity contribution in [2.75, 3.05) is 26.2 Å². The van der Waals surface area contributed by atoms with Gasteiger partial charge in [0.05, 0.1) is 0 Å². The first-order valence-corrected chi connectivity index (χ1v) is 6.02. The Bertz CT molecular complexity index is 252. The van der Waals surface area contributed by atoms with Crippen molar-refractivity contribution in [3.8, 4) is 0 Å². The second-order valence-corrected chi connectivity index (χ2v) is 3.95. The lowest BCUT2D eigenvalue weighted by Crippen LogP contribution is -2.35. The van der Waals surface area contributed by atoms with E-state index in [4.69, 9.17) is 10.9 Å². The van der Waals surface area contributed by atoms with E-state index in [1.165, 1.54) is 0 Å². The van der Waals surface area contributed by atoms with Gasteiger partial charge in [-0.1, -0.05) is 12.1 Å². The predicted octanol–water partition coefficient (Wildman–Crippen LogP) is 0.217. The molecule has 1 amide bonds. The number of hydrogen-bond acceptors (Lipinski definition) is 4. The van der Waals surface area contributed by atoms with Gasteiger partial charge in [-0.05, 0) is 13.8 Å². The topological polar surface area (TPSA) is 91.0 Å². The van der Waals surface area contributed by atoms with Gasteiger partial charge < -0.3 is 21.2 Å². The fourth-order valence-electron chi connectivity index (χ4n) is 1.45. The minimum Gasteiger partial charge on any atom is -0.409 e. The Hall–Kier alpha value is -1.30. The third kappa shape index (κ3) is 6.11. The van der Waals surface area contributed by atoms with E-state index in [1.807, 2.05) is 20.8 Å². The van der Waals surface area contributed by atoms with Crippen LogP contribution in [0.2, 0.25) is 0 Å². The van der Waals surface area contributed by atoms with Crippen molar-refractivity contribution in [2.24, 2.45) is 16.8 Å². The third-order valence-corrected chi connectivity index (χ3v) is 2.70. The van der Waals surface area contributed by atoms with Crippen LogP contribution in [0.1, 0.15) is 27.2 Å². The molecule has 0 radical (unpaired) electrons. The highest BCUT2D eigenvalue weighted by Crippen LogP contribution is 1.95. The largest absolute Gasteiger partial charge is 0.409 e. The lowest BCUT2D eigenvalue weighted by atomic mass is 10.1. The van der Waals surface area contributed by atoms with Gasteiger partial charge in [-0.3, -0.25) is 4.79 Å². The Labute approximate surface area is 103 Å². The molecule has 6 heteroatoms. The molecular weight excluding hydrogens is 220 g/mol. The summed E-state index contributed by atoms with van der Waals surface area (Å²) < 4.78 is 0. The fourth-order valence-corrected chi connectivity index (χ4v) is 1.45. The molecule has 0 aromatic heterocycles. The summed E-state index contributed by atoms with van der Waals surface area (Å²) in [6, 6.07) is 0. The van der Waals surface area contributed by atoms with Crippen LogP contribution in [0, 0.1) is 5.92 Å². The summed E-state index contributed by atoms with van der Waals surface area (Å²) in [6.45, 7) is 8.49. The second-order valence-electron chi connectivity index (χ2n) is 3.95. The molecule has 1 atom stereocenters. The molecule has 100 valence electrons. The monoisotopic (exact) mass is 244 g/mol. The van der Waals surface area contributed by atoms with E-state index in [-0.39, 0.29) is 17.7 Å². The molecule has 6 nitrogen and oxygen atoms in total. The number of oxime groups is 1. The van der Waals surface area contributed by atoms with Crippen LogP contribution in [0.4, 0.5) is 0 Å². The molecule has 1 unspecified atom stereocenters. The first-order valence-electron chi connectivity index (χ1n) is 6.02. The molecule has 4 N–H and O–H groups in total. The highest BCUT2D eigenvalue weighted by molar-refractivity contribution is 5.82. The van der Waals surface area contributed by atoms with Crippen molar-refractivity contribution in [3.63, 3.8) is 0 Å². The smallest absolute Gasteiger partial charge is 0.223 e. The fraction of sp³-hybridized carbons (Fsp3) is 0.818. The number of amidine groups is 1. The number of carbonyl (C=O) groups is 1. The van der Waals surface area contributed by atoms with E-state index in [2.05, 4.69) is 10.5 Å². The molecule has 0 rings (SSSR count). The lowest BCUT2D eigenvalue weighted by Gasteiger charge is -2.18. The summed E-state index contributed by atoms with van der Waals surface area (Å²) in [7, 11) is 0. The number of nitrogens with zero attached hydrogens (tertiary/aromatic N) is 2. The maximum atomic E-state index is 11.6. The minimum atomic E-state index is -0.0384. The molecule has 0 saturated heterocycles. The normalized spacial score (nSPS) is 13.5. The van der Waals surface area contributed by atoms with Crippen molar-refractivity contribution in [1.82, 2.24) is 10.2 Å². The Morgan fingerprint density at radius 1 is 1.47 bits per heavy atom. The van der Waals surface area contributed by atoms with E-state index < -0.39 is 0 Å². The Morgan fingerprint density at radius 2 is 2.06 bits per heavy atom. The van der Waals surface area contributed by atoms with Gasteiger partial charge in [0.25, 0.3) is 0 Å². The highest BCUT2D eigenvalue weighted by Gasteiger charge is 2.10. The first-order chi connectivity index (χ1) is 8.06. The summed E-state index contributed by atoms with van der Waals surface area (Å²) in [4.78, 5) is 13.4. The van der Waals surface area contributed by atoms with Gasteiger partial charge in [0.2, 0.25) is 5.91 Å². The van der Waals surface area contributed by atoms with Crippen LogP contribution >= 0.6 is 0 Å². The average Bonchev–Trinajstić information content (AvgIpc) is 2.34.